The van der Waals surface area contributed by atoms with Crippen molar-refractivity contribution in [2.75, 3.05) is 25.5 Å². The number of nitrogens with one attached hydrogen (secondary N) is 2. The van der Waals surface area contributed by atoms with Gasteiger partial charge in [-0.15, -0.1) is 35.3 Å². The van der Waals surface area contributed by atoms with Crippen molar-refractivity contribution in [3.63, 3.8) is 0 Å². The molecule has 0 saturated heterocycles. The van der Waals surface area contributed by atoms with Gasteiger partial charge >= 0.3 is 0 Å². The SMILES string of the molecule is CCNC(=NCc1csc(N(C)C)n1)NC(C)CCC(C)(C)C.I. The molecule has 0 saturated carbocycles. The summed E-state index contributed by atoms with van der Waals surface area (Å²) in [5.41, 5.74) is 1.38. The van der Waals surface area contributed by atoms with Gasteiger partial charge in [-0.2, -0.15) is 0 Å². The van der Waals surface area contributed by atoms with E-state index in [0.29, 0.717) is 18.0 Å². The summed E-state index contributed by atoms with van der Waals surface area (Å²) in [7, 11) is 4.02. The zero-order chi connectivity index (χ0) is 17.5. The van der Waals surface area contributed by atoms with Crippen molar-refractivity contribution in [2.45, 2.75) is 60.0 Å². The first-order chi connectivity index (χ1) is 10.7. The first-order valence-corrected chi connectivity index (χ1v) is 9.26. The monoisotopic (exact) mass is 467 g/mol. The predicted molar refractivity (Wildman–Crippen MR) is 118 cm³/mol. The first-order valence-electron chi connectivity index (χ1n) is 8.38. The van der Waals surface area contributed by atoms with Crippen LogP contribution in [0.3, 0.4) is 0 Å². The van der Waals surface area contributed by atoms with Crippen LogP contribution in [0.15, 0.2) is 10.4 Å². The molecule has 0 aromatic carbocycles. The highest BCUT2D eigenvalue weighted by Crippen LogP contribution is 2.21. The van der Waals surface area contributed by atoms with Crippen LogP contribution in [0.25, 0.3) is 0 Å². The van der Waals surface area contributed by atoms with Crippen LogP contribution in [0.1, 0.15) is 53.2 Å². The minimum atomic E-state index is 0. The molecule has 0 radical (unpaired) electrons. The normalized spacial score (nSPS) is 13.2. The molecule has 0 aliphatic heterocycles. The molecule has 0 fully saturated rings. The molecule has 24 heavy (non-hydrogen) atoms. The molecule has 1 aromatic rings. The smallest absolute Gasteiger partial charge is 0.191 e. The number of aromatic nitrogens is 1. The molecule has 140 valence electrons. The van der Waals surface area contributed by atoms with E-state index >= 15 is 0 Å². The number of guanidine groups is 1. The van der Waals surface area contributed by atoms with Crippen molar-refractivity contribution in [1.82, 2.24) is 15.6 Å². The van der Waals surface area contributed by atoms with Gasteiger partial charge in [0.25, 0.3) is 0 Å². The third kappa shape index (κ3) is 9.66. The number of aliphatic imine (C=N–C) groups is 1. The van der Waals surface area contributed by atoms with E-state index in [0.717, 1.165) is 29.8 Å². The van der Waals surface area contributed by atoms with Crippen LogP contribution in [0, 0.1) is 5.41 Å². The van der Waals surface area contributed by atoms with Crippen LogP contribution in [-0.2, 0) is 6.54 Å². The van der Waals surface area contributed by atoms with Crippen molar-refractivity contribution in [3.05, 3.63) is 11.1 Å². The maximum atomic E-state index is 4.66. The molecular weight excluding hydrogens is 433 g/mol. The van der Waals surface area contributed by atoms with Crippen LogP contribution >= 0.6 is 35.3 Å². The highest BCUT2D eigenvalue weighted by atomic mass is 127. The first kappa shape index (κ1) is 23.4. The van der Waals surface area contributed by atoms with Crippen LogP contribution in [0.2, 0.25) is 0 Å². The Hall–Kier alpha value is -0.570. The van der Waals surface area contributed by atoms with Gasteiger partial charge in [0.15, 0.2) is 11.1 Å². The summed E-state index contributed by atoms with van der Waals surface area (Å²) < 4.78 is 0. The van der Waals surface area contributed by atoms with Crippen molar-refractivity contribution < 1.29 is 0 Å². The third-order valence-corrected chi connectivity index (χ3v) is 4.43. The molecule has 5 nitrogen and oxygen atoms in total. The molecule has 2 N–H and O–H groups in total. The number of thiazole rings is 1. The third-order valence-electron chi connectivity index (χ3n) is 3.38. The maximum absolute atomic E-state index is 4.66. The minimum absolute atomic E-state index is 0. The second kappa shape index (κ2) is 11.1. The fraction of sp³-hybridized carbons (Fsp3) is 0.765. The summed E-state index contributed by atoms with van der Waals surface area (Å²) in [6.45, 7) is 12.6. The Kier molecular flexibility index (Phi) is 10.9. The second-order valence-electron chi connectivity index (χ2n) is 7.36. The Morgan fingerprint density at radius 1 is 1.38 bits per heavy atom. The minimum Gasteiger partial charge on any atom is -0.357 e. The van der Waals surface area contributed by atoms with Crippen molar-refractivity contribution in [3.8, 4) is 0 Å². The summed E-state index contributed by atoms with van der Waals surface area (Å²) in [6, 6.07) is 0.403. The van der Waals surface area contributed by atoms with E-state index < -0.39 is 0 Å². The van der Waals surface area contributed by atoms with Crippen LogP contribution < -0.4 is 15.5 Å². The lowest BCUT2D eigenvalue weighted by Gasteiger charge is -2.23. The van der Waals surface area contributed by atoms with Crippen molar-refractivity contribution in [2.24, 2.45) is 10.4 Å². The van der Waals surface area contributed by atoms with E-state index in [1.54, 1.807) is 11.3 Å². The number of halogens is 1. The number of hydrogen-bond acceptors (Lipinski definition) is 4. The number of rotatable bonds is 7. The molecule has 0 aliphatic carbocycles. The molecule has 0 aliphatic rings. The molecule has 0 spiro atoms. The largest absolute Gasteiger partial charge is 0.357 e. The molecule has 7 heteroatoms. The molecule has 1 unspecified atom stereocenters. The van der Waals surface area contributed by atoms with Crippen molar-refractivity contribution >= 4 is 46.4 Å². The summed E-state index contributed by atoms with van der Waals surface area (Å²) in [5.74, 6) is 0.869. The quantitative estimate of drug-likeness (QED) is 0.360. The Bertz CT molecular complexity index is 493. The van der Waals surface area contributed by atoms with Gasteiger partial charge in [-0.05, 0) is 32.1 Å². The zero-order valence-electron chi connectivity index (χ0n) is 16.1. The standard InChI is InChI=1S/C17H33N5S.HI/c1-8-18-15(20-13(2)9-10-17(3,4)5)19-11-14-12-23-16(21-14)22(6)7;/h12-13H,8-11H2,1-7H3,(H2,18,19,20);1H. The highest BCUT2D eigenvalue weighted by Gasteiger charge is 2.13. The molecule has 1 heterocycles. The van der Waals surface area contributed by atoms with E-state index in [-0.39, 0.29) is 24.0 Å². The Labute approximate surface area is 168 Å². The topological polar surface area (TPSA) is 52.6 Å². The van der Waals surface area contributed by atoms with Gasteiger partial charge in [-0.1, -0.05) is 20.8 Å². The summed E-state index contributed by atoms with van der Waals surface area (Å²) in [6.07, 6.45) is 2.33. The fourth-order valence-corrected chi connectivity index (χ4v) is 2.76. The molecule has 1 rings (SSSR count). The summed E-state index contributed by atoms with van der Waals surface area (Å²) in [5, 5.41) is 9.90. The second-order valence-corrected chi connectivity index (χ2v) is 8.19. The van der Waals surface area contributed by atoms with Crippen molar-refractivity contribution in [1.29, 1.82) is 0 Å². The van der Waals surface area contributed by atoms with E-state index in [1.807, 2.05) is 19.0 Å². The molecule has 0 bridgehead atoms. The van der Waals surface area contributed by atoms with Crippen LogP contribution in [0.4, 0.5) is 5.13 Å². The van der Waals surface area contributed by atoms with Gasteiger partial charge in [0.05, 0.1) is 12.2 Å². The zero-order valence-corrected chi connectivity index (χ0v) is 19.3. The van der Waals surface area contributed by atoms with Gasteiger partial charge in [0, 0.05) is 32.1 Å². The Morgan fingerprint density at radius 3 is 2.54 bits per heavy atom. The lowest BCUT2D eigenvalue weighted by molar-refractivity contribution is 0.346. The van der Waals surface area contributed by atoms with E-state index in [2.05, 4.69) is 60.6 Å². The molecular formula is C17H34IN5S. The lowest BCUT2D eigenvalue weighted by atomic mass is 9.89. The molecule has 1 aromatic heterocycles. The van der Waals surface area contributed by atoms with Gasteiger partial charge in [0.2, 0.25) is 0 Å². The predicted octanol–water partition coefficient (Wildman–Crippen LogP) is 4.10. The van der Waals surface area contributed by atoms with E-state index in [4.69, 9.17) is 0 Å². The fourth-order valence-electron chi connectivity index (χ4n) is 2.01. The summed E-state index contributed by atoms with van der Waals surface area (Å²) >= 11 is 1.65. The number of nitrogens with zero attached hydrogens (tertiary/aromatic N) is 3. The summed E-state index contributed by atoms with van der Waals surface area (Å²) in [4.78, 5) is 11.3. The van der Waals surface area contributed by atoms with Gasteiger partial charge < -0.3 is 15.5 Å². The Morgan fingerprint density at radius 2 is 2.04 bits per heavy atom. The number of hydrogen-bond donors (Lipinski definition) is 2. The van der Waals surface area contributed by atoms with E-state index in [9.17, 15) is 0 Å². The average molecular weight is 467 g/mol. The van der Waals surface area contributed by atoms with Gasteiger partial charge in [0.1, 0.15) is 0 Å². The maximum Gasteiger partial charge on any atom is 0.191 e. The lowest BCUT2D eigenvalue weighted by Crippen LogP contribution is -2.42. The average Bonchev–Trinajstić information content (AvgIpc) is 2.91. The number of anilines is 1. The highest BCUT2D eigenvalue weighted by molar-refractivity contribution is 14.0. The van der Waals surface area contributed by atoms with Crippen LogP contribution in [-0.4, -0.2) is 37.6 Å². The van der Waals surface area contributed by atoms with Gasteiger partial charge in [-0.25, -0.2) is 9.98 Å². The Balaban J connectivity index is 0.00000529. The molecule has 1 atom stereocenters. The van der Waals surface area contributed by atoms with E-state index in [1.165, 1.54) is 6.42 Å². The van der Waals surface area contributed by atoms with Crippen LogP contribution in [0.5, 0.6) is 0 Å². The molecule has 0 amide bonds. The van der Waals surface area contributed by atoms with Gasteiger partial charge in [-0.3, -0.25) is 0 Å².